The monoisotopic (exact) mass is 275 g/mol. The van der Waals surface area contributed by atoms with Crippen molar-refractivity contribution in [1.82, 2.24) is 15.3 Å². The fourth-order valence-electron chi connectivity index (χ4n) is 1.21. The molecule has 0 spiro atoms. The van der Waals surface area contributed by atoms with Gasteiger partial charge in [-0.2, -0.15) is 0 Å². The minimum atomic E-state index is -3.28. The van der Waals surface area contributed by atoms with E-state index in [1.54, 1.807) is 0 Å². The van der Waals surface area contributed by atoms with Gasteiger partial charge in [-0.25, -0.2) is 18.2 Å². The maximum atomic E-state index is 11.6. The Labute approximate surface area is 103 Å². The smallest absolute Gasteiger partial charge is 0.326 e. The molecule has 0 fully saturated rings. The van der Waals surface area contributed by atoms with E-state index >= 15 is 0 Å². The lowest BCUT2D eigenvalue weighted by atomic mass is 10.2. The Hall–Kier alpha value is -1.90. The Morgan fingerprint density at radius 2 is 2.22 bits per heavy atom. The van der Waals surface area contributed by atoms with E-state index in [1.165, 1.54) is 12.5 Å². The summed E-state index contributed by atoms with van der Waals surface area (Å²) in [4.78, 5) is 28.6. The number of carbonyl (C=O) groups is 2. The number of carboxylic acid groups (broad SMARTS) is 1. The second kappa shape index (κ2) is 5.63. The SMILES string of the molecule is CS(=O)(=O)CCC(NC(=O)c1cnc[nH]1)C(=O)O. The molecule has 0 aliphatic rings. The highest BCUT2D eigenvalue weighted by Gasteiger charge is 2.22. The summed E-state index contributed by atoms with van der Waals surface area (Å²) in [5, 5.41) is 11.1. The number of nitrogens with zero attached hydrogens (tertiary/aromatic N) is 1. The first-order valence-electron chi connectivity index (χ1n) is 4.99. The van der Waals surface area contributed by atoms with Gasteiger partial charge in [0, 0.05) is 6.26 Å². The molecule has 0 aliphatic carbocycles. The number of nitrogens with one attached hydrogen (secondary N) is 2. The fraction of sp³-hybridized carbons (Fsp3) is 0.444. The third-order valence-electron chi connectivity index (χ3n) is 2.12. The summed E-state index contributed by atoms with van der Waals surface area (Å²) in [5.41, 5.74) is 0.112. The maximum absolute atomic E-state index is 11.6. The number of carboxylic acids is 1. The maximum Gasteiger partial charge on any atom is 0.326 e. The molecule has 0 radical (unpaired) electrons. The van der Waals surface area contributed by atoms with E-state index < -0.39 is 27.8 Å². The molecular weight excluding hydrogens is 262 g/mol. The third kappa shape index (κ3) is 4.53. The second-order valence-electron chi connectivity index (χ2n) is 3.75. The summed E-state index contributed by atoms with van der Waals surface area (Å²) in [6.07, 6.45) is 3.34. The molecule has 3 N–H and O–H groups in total. The molecule has 1 unspecified atom stereocenters. The predicted molar refractivity (Wildman–Crippen MR) is 61.8 cm³/mol. The number of amides is 1. The van der Waals surface area contributed by atoms with Gasteiger partial charge in [-0.15, -0.1) is 0 Å². The zero-order valence-electron chi connectivity index (χ0n) is 9.58. The van der Waals surface area contributed by atoms with Gasteiger partial charge >= 0.3 is 5.97 Å². The number of hydrogen-bond donors (Lipinski definition) is 3. The molecular formula is C9H13N3O5S. The fourth-order valence-corrected chi connectivity index (χ4v) is 1.87. The molecule has 0 saturated heterocycles. The van der Waals surface area contributed by atoms with Crippen LogP contribution in [0, 0.1) is 0 Å². The number of H-pyrrole nitrogens is 1. The number of rotatable bonds is 6. The molecule has 1 amide bonds. The molecule has 1 aromatic heterocycles. The Morgan fingerprint density at radius 1 is 1.56 bits per heavy atom. The van der Waals surface area contributed by atoms with Crippen LogP contribution in [0.2, 0.25) is 0 Å². The lowest BCUT2D eigenvalue weighted by Crippen LogP contribution is -2.42. The minimum Gasteiger partial charge on any atom is -0.480 e. The van der Waals surface area contributed by atoms with Crippen LogP contribution in [0.15, 0.2) is 12.5 Å². The Kier molecular flexibility index (Phi) is 4.43. The third-order valence-corrected chi connectivity index (χ3v) is 3.10. The first-order chi connectivity index (χ1) is 8.29. The second-order valence-corrected chi connectivity index (χ2v) is 6.01. The van der Waals surface area contributed by atoms with Gasteiger partial charge in [-0.05, 0) is 6.42 Å². The highest BCUT2D eigenvalue weighted by atomic mass is 32.2. The summed E-state index contributed by atoms with van der Waals surface area (Å²) in [7, 11) is -3.28. The molecule has 0 saturated carbocycles. The van der Waals surface area contributed by atoms with Gasteiger partial charge in [0.25, 0.3) is 5.91 Å². The quantitative estimate of drug-likeness (QED) is 0.612. The van der Waals surface area contributed by atoms with Crippen molar-refractivity contribution < 1.29 is 23.1 Å². The minimum absolute atomic E-state index is 0.112. The molecule has 9 heteroatoms. The van der Waals surface area contributed by atoms with E-state index in [-0.39, 0.29) is 17.9 Å². The van der Waals surface area contributed by atoms with Crippen LogP contribution in [0.4, 0.5) is 0 Å². The zero-order chi connectivity index (χ0) is 13.8. The van der Waals surface area contributed by atoms with Gasteiger partial charge in [-0.1, -0.05) is 0 Å². The van der Waals surface area contributed by atoms with Crippen LogP contribution in [0.1, 0.15) is 16.9 Å². The van der Waals surface area contributed by atoms with E-state index in [2.05, 4.69) is 15.3 Å². The van der Waals surface area contributed by atoms with Crippen molar-refractivity contribution in [1.29, 1.82) is 0 Å². The molecule has 0 bridgehead atoms. The van der Waals surface area contributed by atoms with E-state index in [0.29, 0.717) is 0 Å². The van der Waals surface area contributed by atoms with Crippen molar-refractivity contribution in [2.45, 2.75) is 12.5 Å². The summed E-state index contributed by atoms with van der Waals surface area (Å²) >= 11 is 0. The van der Waals surface area contributed by atoms with Crippen LogP contribution < -0.4 is 5.32 Å². The van der Waals surface area contributed by atoms with Gasteiger partial charge in [0.1, 0.15) is 21.6 Å². The average molecular weight is 275 g/mol. The molecule has 1 atom stereocenters. The molecule has 100 valence electrons. The first-order valence-corrected chi connectivity index (χ1v) is 7.05. The van der Waals surface area contributed by atoms with Crippen molar-refractivity contribution in [2.75, 3.05) is 12.0 Å². The largest absolute Gasteiger partial charge is 0.480 e. The van der Waals surface area contributed by atoms with Crippen molar-refractivity contribution in [3.63, 3.8) is 0 Å². The highest BCUT2D eigenvalue weighted by molar-refractivity contribution is 7.90. The summed E-state index contributed by atoms with van der Waals surface area (Å²) in [6.45, 7) is 0. The number of hydrogen-bond acceptors (Lipinski definition) is 5. The van der Waals surface area contributed by atoms with Crippen molar-refractivity contribution in [2.24, 2.45) is 0 Å². The number of aromatic amines is 1. The summed E-state index contributed by atoms with van der Waals surface area (Å²) < 4.78 is 21.9. The van der Waals surface area contributed by atoms with E-state index in [0.717, 1.165) is 6.26 Å². The van der Waals surface area contributed by atoms with Crippen molar-refractivity contribution in [3.8, 4) is 0 Å². The molecule has 8 nitrogen and oxygen atoms in total. The van der Waals surface area contributed by atoms with Gasteiger partial charge in [-0.3, -0.25) is 4.79 Å². The lowest BCUT2D eigenvalue weighted by Gasteiger charge is -2.13. The molecule has 1 aromatic rings. The first kappa shape index (κ1) is 14.2. The summed E-state index contributed by atoms with van der Waals surface area (Å²) in [6, 6.07) is -1.25. The number of aliphatic carboxylic acids is 1. The number of carbonyl (C=O) groups excluding carboxylic acids is 1. The van der Waals surface area contributed by atoms with E-state index in [1.807, 2.05) is 0 Å². The van der Waals surface area contributed by atoms with Crippen LogP contribution in [-0.2, 0) is 14.6 Å². The van der Waals surface area contributed by atoms with E-state index in [4.69, 9.17) is 5.11 Å². The topological polar surface area (TPSA) is 129 Å². The van der Waals surface area contributed by atoms with Gasteiger partial charge < -0.3 is 15.4 Å². The zero-order valence-corrected chi connectivity index (χ0v) is 10.4. The molecule has 0 aromatic carbocycles. The predicted octanol–water partition coefficient (Wildman–Crippen LogP) is -0.973. The molecule has 18 heavy (non-hydrogen) atoms. The molecule has 1 heterocycles. The van der Waals surface area contributed by atoms with Crippen molar-refractivity contribution in [3.05, 3.63) is 18.2 Å². The number of sulfone groups is 1. The van der Waals surface area contributed by atoms with Crippen LogP contribution in [0.25, 0.3) is 0 Å². The van der Waals surface area contributed by atoms with Crippen molar-refractivity contribution >= 4 is 21.7 Å². The molecule has 1 rings (SSSR count). The Morgan fingerprint density at radius 3 is 2.67 bits per heavy atom. The highest BCUT2D eigenvalue weighted by Crippen LogP contribution is 1.99. The standard InChI is InChI=1S/C9H13N3O5S/c1-18(16,17)3-2-6(9(14)15)12-8(13)7-4-10-5-11-7/h4-6H,2-3H2,1H3,(H,10,11)(H,12,13)(H,14,15). The van der Waals surface area contributed by atoms with Crippen LogP contribution >= 0.6 is 0 Å². The van der Waals surface area contributed by atoms with Gasteiger partial charge in [0.05, 0.1) is 18.3 Å². The number of aromatic nitrogens is 2. The lowest BCUT2D eigenvalue weighted by molar-refractivity contribution is -0.139. The number of imidazole rings is 1. The van der Waals surface area contributed by atoms with E-state index in [9.17, 15) is 18.0 Å². The Balaban J connectivity index is 2.64. The normalized spacial score (nSPS) is 12.9. The summed E-state index contributed by atoms with van der Waals surface area (Å²) in [5.74, 6) is -2.24. The van der Waals surface area contributed by atoms with Crippen LogP contribution in [0.5, 0.6) is 0 Å². The molecule has 0 aliphatic heterocycles. The van der Waals surface area contributed by atoms with Crippen LogP contribution in [0.3, 0.4) is 0 Å². The average Bonchev–Trinajstić information content (AvgIpc) is 2.75. The van der Waals surface area contributed by atoms with Gasteiger partial charge in [0.15, 0.2) is 0 Å². The van der Waals surface area contributed by atoms with Gasteiger partial charge in [0.2, 0.25) is 0 Å². The van der Waals surface area contributed by atoms with Crippen LogP contribution in [-0.4, -0.2) is 53.4 Å². The Bertz CT molecular complexity index is 522.